The quantitative estimate of drug-likeness (QED) is 0.924. The third-order valence-electron chi connectivity index (χ3n) is 5.07. The number of aryl methyl sites for hydroxylation is 1. The molecule has 1 aliphatic heterocycles. The monoisotopic (exact) mass is 290 g/mol. The summed E-state index contributed by atoms with van der Waals surface area (Å²) in [6.07, 6.45) is 1.32. The summed E-state index contributed by atoms with van der Waals surface area (Å²) in [5, 5.41) is 0. The lowest BCUT2D eigenvalue weighted by Crippen LogP contribution is -2.49. The summed E-state index contributed by atoms with van der Waals surface area (Å²) < 4.78 is 5.37. The van der Waals surface area contributed by atoms with Crippen molar-refractivity contribution in [3.8, 4) is 5.75 Å². The predicted molar refractivity (Wildman–Crippen MR) is 88.6 cm³/mol. The van der Waals surface area contributed by atoms with Crippen LogP contribution in [-0.2, 0) is 0 Å². The molecule has 4 atom stereocenters. The van der Waals surface area contributed by atoms with Crippen molar-refractivity contribution < 1.29 is 4.74 Å². The molecule has 1 heterocycles. The number of likely N-dealkylation sites (tertiary alicyclic amines) is 1. The average Bonchev–Trinajstić information content (AvgIpc) is 2.45. The van der Waals surface area contributed by atoms with Crippen LogP contribution in [0.25, 0.3) is 0 Å². The van der Waals surface area contributed by atoms with Crippen molar-refractivity contribution in [1.82, 2.24) is 4.90 Å². The molecule has 21 heavy (non-hydrogen) atoms. The van der Waals surface area contributed by atoms with E-state index in [0.29, 0.717) is 18.6 Å². The molecular weight excluding hydrogens is 260 g/mol. The summed E-state index contributed by atoms with van der Waals surface area (Å²) in [7, 11) is 1.72. The van der Waals surface area contributed by atoms with Crippen molar-refractivity contribution >= 4 is 0 Å². The normalized spacial score (nSPS) is 28.4. The Morgan fingerprint density at radius 2 is 2.05 bits per heavy atom. The number of hydrogen-bond acceptors (Lipinski definition) is 3. The minimum Gasteiger partial charge on any atom is -0.496 e. The van der Waals surface area contributed by atoms with Gasteiger partial charge in [0.1, 0.15) is 5.75 Å². The number of piperidine rings is 1. The fourth-order valence-electron chi connectivity index (χ4n) is 3.74. The number of nitrogens with two attached hydrogens (primary N) is 1. The first kappa shape index (κ1) is 16.3. The molecule has 3 nitrogen and oxygen atoms in total. The van der Waals surface area contributed by atoms with E-state index in [0.717, 1.165) is 24.1 Å². The molecule has 1 saturated heterocycles. The van der Waals surface area contributed by atoms with E-state index in [2.05, 4.69) is 50.8 Å². The zero-order valence-corrected chi connectivity index (χ0v) is 14.1. The lowest BCUT2D eigenvalue weighted by molar-refractivity contribution is 0.0424. The van der Waals surface area contributed by atoms with Crippen molar-refractivity contribution in [1.29, 1.82) is 0 Å². The Bertz CT molecular complexity index is 474. The SMILES string of the molecule is COc1ccc(C(CN)N2CC(C)CC(C)C2C)cc1C. The number of benzene rings is 1. The smallest absolute Gasteiger partial charge is 0.121 e. The molecule has 0 aliphatic carbocycles. The molecule has 0 aromatic heterocycles. The van der Waals surface area contributed by atoms with Crippen LogP contribution >= 0.6 is 0 Å². The second-order valence-corrected chi connectivity index (χ2v) is 6.74. The van der Waals surface area contributed by atoms with E-state index in [-0.39, 0.29) is 0 Å². The molecular formula is C18H30N2O. The molecule has 2 N–H and O–H groups in total. The number of nitrogens with zero attached hydrogens (tertiary/aromatic N) is 1. The van der Waals surface area contributed by atoms with Gasteiger partial charge < -0.3 is 10.5 Å². The van der Waals surface area contributed by atoms with Gasteiger partial charge in [0.25, 0.3) is 0 Å². The molecule has 1 aromatic carbocycles. The Balaban J connectivity index is 2.28. The molecule has 1 aromatic rings. The van der Waals surface area contributed by atoms with Gasteiger partial charge >= 0.3 is 0 Å². The number of hydrogen-bond donors (Lipinski definition) is 1. The summed E-state index contributed by atoms with van der Waals surface area (Å²) in [6, 6.07) is 7.34. The highest BCUT2D eigenvalue weighted by Gasteiger charge is 2.33. The topological polar surface area (TPSA) is 38.5 Å². The summed E-state index contributed by atoms with van der Waals surface area (Å²) in [5.74, 6) is 2.41. The summed E-state index contributed by atoms with van der Waals surface area (Å²) in [5.41, 5.74) is 8.63. The van der Waals surface area contributed by atoms with E-state index < -0.39 is 0 Å². The van der Waals surface area contributed by atoms with Gasteiger partial charge in [0.15, 0.2) is 0 Å². The van der Waals surface area contributed by atoms with Crippen LogP contribution in [-0.4, -0.2) is 31.1 Å². The third-order valence-corrected chi connectivity index (χ3v) is 5.07. The molecule has 0 radical (unpaired) electrons. The molecule has 1 fully saturated rings. The molecule has 0 bridgehead atoms. The zero-order chi connectivity index (χ0) is 15.6. The van der Waals surface area contributed by atoms with Crippen molar-refractivity contribution in [3.05, 3.63) is 29.3 Å². The van der Waals surface area contributed by atoms with Crippen molar-refractivity contribution in [2.45, 2.75) is 46.2 Å². The van der Waals surface area contributed by atoms with E-state index in [9.17, 15) is 0 Å². The minimum absolute atomic E-state index is 0.301. The largest absolute Gasteiger partial charge is 0.496 e. The van der Waals surface area contributed by atoms with Crippen molar-refractivity contribution in [2.24, 2.45) is 17.6 Å². The summed E-state index contributed by atoms with van der Waals surface area (Å²) in [4.78, 5) is 2.60. The van der Waals surface area contributed by atoms with Crippen molar-refractivity contribution in [2.75, 3.05) is 20.2 Å². The fraction of sp³-hybridized carbons (Fsp3) is 0.667. The summed E-state index contributed by atoms with van der Waals surface area (Å²) >= 11 is 0. The first-order valence-electron chi connectivity index (χ1n) is 8.08. The molecule has 3 heteroatoms. The Morgan fingerprint density at radius 1 is 1.33 bits per heavy atom. The van der Waals surface area contributed by atoms with Crippen LogP contribution < -0.4 is 10.5 Å². The number of rotatable bonds is 4. The number of ether oxygens (including phenoxy) is 1. The van der Waals surface area contributed by atoms with Gasteiger partial charge in [-0.1, -0.05) is 26.0 Å². The van der Waals surface area contributed by atoms with Crippen LogP contribution in [0.1, 0.15) is 44.4 Å². The van der Waals surface area contributed by atoms with Crippen LogP contribution in [0.2, 0.25) is 0 Å². The van der Waals surface area contributed by atoms with Gasteiger partial charge in [-0.25, -0.2) is 0 Å². The molecule has 1 aliphatic rings. The van der Waals surface area contributed by atoms with Gasteiger partial charge in [0, 0.05) is 25.2 Å². The van der Waals surface area contributed by atoms with Crippen LogP contribution in [0, 0.1) is 18.8 Å². The molecule has 118 valence electrons. The van der Waals surface area contributed by atoms with Crippen molar-refractivity contribution in [3.63, 3.8) is 0 Å². The Morgan fingerprint density at radius 3 is 2.62 bits per heavy atom. The molecule has 4 unspecified atom stereocenters. The van der Waals surface area contributed by atoms with Gasteiger partial charge in [0.05, 0.1) is 7.11 Å². The van der Waals surface area contributed by atoms with Gasteiger partial charge in [-0.05, 0) is 49.3 Å². The molecule has 2 rings (SSSR count). The first-order chi connectivity index (χ1) is 9.97. The van der Waals surface area contributed by atoms with Gasteiger partial charge in [-0.3, -0.25) is 4.90 Å². The number of methoxy groups -OCH3 is 1. The third kappa shape index (κ3) is 3.41. The lowest BCUT2D eigenvalue weighted by Gasteiger charge is -2.45. The van der Waals surface area contributed by atoms with Crippen LogP contribution in [0.15, 0.2) is 18.2 Å². The van der Waals surface area contributed by atoms with Crippen LogP contribution in [0.4, 0.5) is 0 Å². The van der Waals surface area contributed by atoms with E-state index in [1.165, 1.54) is 17.5 Å². The predicted octanol–water partition coefficient (Wildman–Crippen LogP) is 3.37. The maximum absolute atomic E-state index is 6.14. The zero-order valence-electron chi connectivity index (χ0n) is 14.1. The molecule has 0 spiro atoms. The Labute approximate surface area is 129 Å². The van der Waals surface area contributed by atoms with Gasteiger partial charge in [-0.15, -0.1) is 0 Å². The van der Waals surface area contributed by atoms with Crippen LogP contribution in [0.3, 0.4) is 0 Å². The van der Waals surface area contributed by atoms with E-state index in [1.54, 1.807) is 7.11 Å². The minimum atomic E-state index is 0.301. The van der Waals surface area contributed by atoms with E-state index in [1.807, 2.05) is 0 Å². The fourth-order valence-corrected chi connectivity index (χ4v) is 3.74. The highest BCUT2D eigenvalue weighted by atomic mass is 16.5. The standard InChI is InChI=1S/C18H30N2O/c1-12-8-13(2)15(4)20(11-12)17(10-19)16-6-7-18(21-5)14(3)9-16/h6-7,9,12-13,15,17H,8,10-11,19H2,1-5H3. The maximum Gasteiger partial charge on any atom is 0.121 e. The van der Waals surface area contributed by atoms with E-state index >= 15 is 0 Å². The Hall–Kier alpha value is -1.06. The Kier molecular flexibility index (Phi) is 5.28. The van der Waals surface area contributed by atoms with Crippen LogP contribution in [0.5, 0.6) is 5.75 Å². The highest BCUT2D eigenvalue weighted by molar-refractivity contribution is 5.37. The highest BCUT2D eigenvalue weighted by Crippen LogP contribution is 2.34. The summed E-state index contributed by atoms with van der Waals surface area (Å²) in [6.45, 7) is 11.0. The van der Waals surface area contributed by atoms with E-state index in [4.69, 9.17) is 10.5 Å². The van der Waals surface area contributed by atoms with Gasteiger partial charge in [0.2, 0.25) is 0 Å². The lowest BCUT2D eigenvalue weighted by atomic mass is 9.84. The molecule has 0 amide bonds. The average molecular weight is 290 g/mol. The van der Waals surface area contributed by atoms with Gasteiger partial charge in [-0.2, -0.15) is 0 Å². The first-order valence-corrected chi connectivity index (χ1v) is 8.08. The molecule has 0 saturated carbocycles. The maximum atomic E-state index is 6.14. The second-order valence-electron chi connectivity index (χ2n) is 6.74. The second kappa shape index (κ2) is 6.80.